The van der Waals surface area contributed by atoms with Crippen molar-refractivity contribution in [2.75, 3.05) is 18.1 Å². The number of alkyl halides is 3. The molecule has 0 spiro atoms. The number of halogens is 4. The zero-order chi connectivity index (χ0) is 29.6. The van der Waals surface area contributed by atoms with E-state index in [1.807, 2.05) is 13.0 Å². The zero-order valence-corrected chi connectivity index (χ0v) is 22.4. The highest BCUT2D eigenvalue weighted by Crippen LogP contribution is 2.37. The lowest BCUT2D eigenvalue weighted by molar-refractivity contribution is -0.138. The van der Waals surface area contributed by atoms with Gasteiger partial charge in [-0.15, -0.1) is 0 Å². The van der Waals surface area contributed by atoms with E-state index in [-0.39, 0.29) is 37.6 Å². The van der Waals surface area contributed by atoms with Crippen LogP contribution in [0, 0.1) is 5.82 Å². The van der Waals surface area contributed by atoms with E-state index in [0.717, 1.165) is 28.8 Å². The van der Waals surface area contributed by atoms with Crippen LogP contribution in [0.3, 0.4) is 0 Å². The molecule has 1 amide bonds. The van der Waals surface area contributed by atoms with Crippen molar-refractivity contribution in [2.24, 2.45) is 0 Å². The maximum Gasteiger partial charge on any atom is 0.416 e. The summed E-state index contributed by atoms with van der Waals surface area (Å²) in [5.74, 6) is -1.60. The number of carboxylic acids is 1. The van der Waals surface area contributed by atoms with Gasteiger partial charge in [0.2, 0.25) is 0 Å². The van der Waals surface area contributed by atoms with E-state index >= 15 is 0 Å². The number of amides is 1. The molecule has 41 heavy (non-hydrogen) atoms. The van der Waals surface area contributed by atoms with Crippen molar-refractivity contribution in [3.63, 3.8) is 0 Å². The zero-order valence-electron chi connectivity index (χ0n) is 22.4. The van der Waals surface area contributed by atoms with Gasteiger partial charge >= 0.3 is 12.1 Å². The number of ether oxygens (including phenoxy) is 1. The van der Waals surface area contributed by atoms with Crippen LogP contribution in [0.4, 0.5) is 23.2 Å². The first-order chi connectivity index (χ1) is 19.5. The second kappa shape index (κ2) is 12.9. The number of hydrogen-bond acceptors (Lipinski definition) is 4. The van der Waals surface area contributed by atoms with Crippen LogP contribution in [-0.2, 0) is 30.4 Å². The third kappa shape index (κ3) is 7.65. The van der Waals surface area contributed by atoms with Gasteiger partial charge in [0.1, 0.15) is 11.6 Å². The molecule has 0 atom stereocenters. The van der Waals surface area contributed by atoms with E-state index in [9.17, 15) is 32.3 Å². The lowest BCUT2D eigenvalue weighted by Crippen LogP contribution is -2.32. The molecular weight excluding hydrogens is 540 g/mol. The summed E-state index contributed by atoms with van der Waals surface area (Å²) in [7, 11) is 0. The molecule has 1 aliphatic heterocycles. The van der Waals surface area contributed by atoms with Gasteiger partial charge < -0.3 is 20.1 Å². The highest BCUT2D eigenvalue weighted by molar-refractivity contribution is 5.95. The first-order valence-electron chi connectivity index (χ1n) is 13.2. The Morgan fingerprint density at radius 1 is 1.05 bits per heavy atom. The summed E-state index contributed by atoms with van der Waals surface area (Å²) in [6.45, 7) is 2.55. The van der Waals surface area contributed by atoms with E-state index in [1.54, 1.807) is 47.4 Å². The standard InChI is InChI=1S/C31H30F4N2O4/c1-2-24(36-30(40)21-6-4-3-5-7-21)13-15-41-28-10-8-20(9-11-29(38)39)27-19-37(14-12-26(27)28)25-17-22(31(33,34)35)16-23(32)18-25/h2-8,10,16-18H,9,11-15,19H2,1H3,(H,36,40)(H,38,39)/b24-2+. The first kappa shape index (κ1) is 29.6. The van der Waals surface area contributed by atoms with Gasteiger partial charge in [0.05, 0.1) is 12.2 Å². The van der Waals surface area contributed by atoms with Crippen molar-refractivity contribution in [1.29, 1.82) is 0 Å². The first-order valence-corrected chi connectivity index (χ1v) is 13.2. The number of carboxylic acid groups (broad SMARTS) is 1. The predicted molar refractivity (Wildman–Crippen MR) is 146 cm³/mol. The van der Waals surface area contributed by atoms with E-state index in [0.29, 0.717) is 42.5 Å². The number of nitrogens with one attached hydrogen (secondary N) is 1. The van der Waals surface area contributed by atoms with Gasteiger partial charge in [-0.25, -0.2) is 4.39 Å². The summed E-state index contributed by atoms with van der Waals surface area (Å²) in [5, 5.41) is 12.1. The number of anilines is 1. The van der Waals surface area contributed by atoms with Crippen LogP contribution >= 0.6 is 0 Å². The number of rotatable bonds is 10. The van der Waals surface area contributed by atoms with Crippen LogP contribution in [0.5, 0.6) is 5.75 Å². The van der Waals surface area contributed by atoms with Crippen molar-refractivity contribution in [1.82, 2.24) is 5.32 Å². The summed E-state index contributed by atoms with van der Waals surface area (Å²) in [4.78, 5) is 25.4. The highest BCUT2D eigenvalue weighted by Gasteiger charge is 2.32. The van der Waals surface area contributed by atoms with Gasteiger partial charge in [0, 0.05) is 48.4 Å². The minimum Gasteiger partial charge on any atom is -0.493 e. The number of benzene rings is 3. The summed E-state index contributed by atoms with van der Waals surface area (Å²) >= 11 is 0. The Bertz CT molecular complexity index is 1440. The Hall–Kier alpha value is -4.34. The molecule has 2 N–H and O–H groups in total. The molecule has 1 heterocycles. The van der Waals surface area contributed by atoms with Crippen LogP contribution in [0.25, 0.3) is 0 Å². The number of aliphatic carboxylic acids is 1. The Balaban J connectivity index is 1.52. The van der Waals surface area contributed by atoms with E-state index in [2.05, 4.69) is 5.32 Å². The molecule has 0 aliphatic carbocycles. The maximum absolute atomic E-state index is 14.1. The molecule has 0 saturated heterocycles. The SMILES string of the molecule is C/C=C(\CCOc1ccc(CCC(=O)O)c2c1CCN(c1cc(F)cc(C(F)(F)F)c1)C2)NC(=O)c1ccccc1. The quantitative estimate of drug-likeness (QED) is 0.271. The summed E-state index contributed by atoms with van der Waals surface area (Å²) in [6, 6.07) is 14.8. The number of fused-ring (bicyclic) bond motifs is 1. The third-order valence-corrected chi connectivity index (χ3v) is 6.94. The fourth-order valence-electron chi connectivity index (χ4n) is 4.82. The second-order valence-corrected chi connectivity index (χ2v) is 9.67. The van der Waals surface area contributed by atoms with Crippen molar-refractivity contribution in [3.05, 3.63) is 106 Å². The number of nitrogens with zero attached hydrogens (tertiary/aromatic N) is 1. The Morgan fingerprint density at radius 3 is 2.49 bits per heavy atom. The lowest BCUT2D eigenvalue weighted by Gasteiger charge is -2.33. The van der Waals surface area contributed by atoms with Crippen molar-refractivity contribution >= 4 is 17.6 Å². The molecular formula is C31H30F4N2O4. The monoisotopic (exact) mass is 570 g/mol. The highest BCUT2D eigenvalue weighted by atomic mass is 19.4. The Labute approximate surface area is 235 Å². The molecule has 6 nitrogen and oxygen atoms in total. The fraction of sp³-hybridized carbons (Fsp3) is 0.290. The van der Waals surface area contributed by atoms with E-state index in [4.69, 9.17) is 4.74 Å². The van der Waals surface area contributed by atoms with Gasteiger partial charge in [0.25, 0.3) is 5.91 Å². The minimum atomic E-state index is -4.69. The van der Waals surface area contributed by atoms with E-state index < -0.39 is 23.5 Å². The lowest BCUT2D eigenvalue weighted by atomic mass is 9.91. The number of carbonyl (C=O) groups is 2. The van der Waals surface area contributed by atoms with Crippen molar-refractivity contribution < 1.29 is 37.0 Å². The van der Waals surface area contributed by atoms with Gasteiger partial charge in [-0.05, 0) is 67.3 Å². The van der Waals surface area contributed by atoms with Crippen molar-refractivity contribution in [3.8, 4) is 5.75 Å². The van der Waals surface area contributed by atoms with Gasteiger partial charge in [-0.3, -0.25) is 9.59 Å². The number of aryl methyl sites for hydroxylation is 1. The van der Waals surface area contributed by atoms with Crippen LogP contribution in [0.1, 0.15) is 52.4 Å². The molecule has 10 heteroatoms. The smallest absolute Gasteiger partial charge is 0.416 e. The number of hydrogen-bond donors (Lipinski definition) is 2. The van der Waals surface area contributed by atoms with Crippen LogP contribution in [-0.4, -0.2) is 30.1 Å². The average molecular weight is 571 g/mol. The molecule has 0 fully saturated rings. The normalized spacial score (nSPS) is 13.5. The predicted octanol–water partition coefficient (Wildman–Crippen LogP) is 6.53. The van der Waals surface area contributed by atoms with Crippen LogP contribution < -0.4 is 15.0 Å². The molecule has 3 aromatic carbocycles. The molecule has 216 valence electrons. The van der Waals surface area contributed by atoms with Gasteiger partial charge in [-0.1, -0.05) is 30.3 Å². The molecule has 0 bridgehead atoms. The molecule has 3 aromatic rings. The van der Waals surface area contributed by atoms with E-state index in [1.165, 1.54) is 0 Å². The largest absolute Gasteiger partial charge is 0.493 e. The maximum atomic E-state index is 14.1. The third-order valence-electron chi connectivity index (χ3n) is 6.94. The van der Waals surface area contributed by atoms with Gasteiger partial charge in [0.15, 0.2) is 0 Å². The minimum absolute atomic E-state index is 0.102. The topological polar surface area (TPSA) is 78.9 Å². The van der Waals surface area contributed by atoms with Gasteiger partial charge in [-0.2, -0.15) is 13.2 Å². The summed E-state index contributed by atoms with van der Waals surface area (Å²) in [6.07, 6.45) is -1.95. The number of allylic oxidation sites excluding steroid dienone is 1. The second-order valence-electron chi connectivity index (χ2n) is 9.67. The Kier molecular flexibility index (Phi) is 9.31. The van der Waals surface area contributed by atoms with Crippen LogP contribution in [0.2, 0.25) is 0 Å². The summed E-state index contributed by atoms with van der Waals surface area (Å²) < 4.78 is 60.2. The summed E-state index contributed by atoms with van der Waals surface area (Å²) in [5.41, 5.74) is 2.60. The molecule has 0 radical (unpaired) electrons. The fourth-order valence-corrected chi connectivity index (χ4v) is 4.82. The molecule has 1 aliphatic rings. The average Bonchev–Trinajstić information content (AvgIpc) is 2.95. The van der Waals surface area contributed by atoms with Crippen LogP contribution in [0.15, 0.2) is 72.4 Å². The molecule has 0 unspecified atom stereocenters. The molecule has 0 aromatic heterocycles. The van der Waals surface area contributed by atoms with Crippen molar-refractivity contribution in [2.45, 2.75) is 45.3 Å². The molecule has 4 rings (SSSR count). The number of carbonyl (C=O) groups excluding carboxylic acids is 1. The molecule has 0 saturated carbocycles. The Morgan fingerprint density at radius 2 is 1.80 bits per heavy atom.